The third kappa shape index (κ3) is 3.86. The van der Waals surface area contributed by atoms with Gasteiger partial charge in [-0.3, -0.25) is 5.01 Å². The largest absolute Gasteiger partial charge is 0.494 e. The minimum atomic E-state index is -0.426. The first-order valence-corrected chi connectivity index (χ1v) is 10.6. The first kappa shape index (κ1) is 21.5. The van der Waals surface area contributed by atoms with Gasteiger partial charge < -0.3 is 9.31 Å². The maximum absolute atomic E-state index is 13.4. The van der Waals surface area contributed by atoms with Gasteiger partial charge in [0.2, 0.25) is 0 Å². The van der Waals surface area contributed by atoms with Crippen LogP contribution in [-0.4, -0.2) is 30.1 Å². The van der Waals surface area contributed by atoms with Crippen LogP contribution in [0.2, 0.25) is 0 Å². The van der Waals surface area contributed by atoms with Crippen molar-refractivity contribution in [2.45, 2.75) is 58.3 Å². The first-order valence-electron chi connectivity index (χ1n) is 10.6. The van der Waals surface area contributed by atoms with E-state index < -0.39 is 18.3 Å². The number of nitrogens with zero attached hydrogens (tertiary/aromatic N) is 3. The molecular weight excluding hydrogens is 392 g/mol. The highest BCUT2D eigenvalue weighted by Crippen LogP contribution is 2.37. The maximum Gasteiger partial charge on any atom is 0.494 e. The Morgan fingerprint density at radius 3 is 2.16 bits per heavy atom. The lowest BCUT2D eigenvalue weighted by Gasteiger charge is -2.32. The molecule has 2 aromatic carbocycles. The number of hydrazone groups is 1. The summed E-state index contributed by atoms with van der Waals surface area (Å²) in [6.45, 7) is 10.2. The Balaban J connectivity index is 1.61. The lowest BCUT2D eigenvalue weighted by atomic mass is 9.79. The fourth-order valence-corrected chi connectivity index (χ4v) is 3.99. The van der Waals surface area contributed by atoms with Crippen LogP contribution in [0.3, 0.4) is 0 Å². The van der Waals surface area contributed by atoms with E-state index in [9.17, 15) is 9.65 Å². The number of rotatable bonds is 4. The zero-order chi connectivity index (χ0) is 22.4. The topological polar surface area (TPSA) is 57.9 Å². The van der Waals surface area contributed by atoms with Crippen molar-refractivity contribution >= 4 is 24.0 Å². The molecule has 0 saturated carbocycles. The molecule has 2 aliphatic heterocycles. The Morgan fingerprint density at radius 1 is 1.03 bits per heavy atom. The Morgan fingerprint density at radius 2 is 1.61 bits per heavy atom. The fraction of sp³-hybridized carbons (Fsp3) is 0.417. The molecule has 0 bridgehead atoms. The number of hydrogen-bond acceptors (Lipinski definition) is 5. The van der Waals surface area contributed by atoms with Gasteiger partial charge in [0.25, 0.3) is 0 Å². The van der Waals surface area contributed by atoms with E-state index in [2.05, 4.69) is 13.0 Å². The second kappa shape index (κ2) is 7.78. The SMILES string of the molecule is CC1C(c2ccc(F)cc2)=NN(c2ccc(B3OC(C)(C)C(C)(C)O3)cc2)C1CC#N. The summed E-state index contributed by atoms with van der Waals surface area (Å²) < 4.78 is 25.6. The second-order valence-corrected chi connectivity index (χ2v) is 9.23. The Labute approximate surface area is 183 Å². The summed E-state index contributed by atoms with van der Waals surface area (Å²) in [6.07, 6.45) is 0.342. The number of halogens is 1. The lowest BCUT2D eigenvalue weighted by Crippen LogP contribution is -2.41. The molecule has 1 saturated heterocycles. The van der Waals surface area contributed by atoms with Crippen LogP contribution in [0, 0.1) is 23.1 Å². The summed E-state index contributed by atoms with van der Waals surface area (Å²) in [4.78, 5) is 0. The smallest absolute Gasteiger partial charge is 0.399 e. The standard InChI is InChI=1S/C24H27BFN3O2/c1-16-21(14-15-27)29(28-22(16)17-6-10-19(26)11-7-17)20-12-8-18(9-13-20)25-30-23(2,3)24(4,5)31-25/h6-13,16,21H,14H2,1-5H3. The van der Waals surface area contributed by atoms with E-state index in [0.29, 0.717) is 6.42 Å². The van der Waals surface area contributed by atoms with Crippen LogP contribution in [0.5, 0.6) is 0 Å². The van der Waals surface area contributed by atoms with Crippen molar-refractivity contribution in [1.82, 2.24) is 0 Å². The van der Waals surface area contributed by atoms with Crippen molar-refractivity contribution in [3.8, 4) is 6.07 Å². The third-order valence-corrected chi connectivity index (χ3v) is 6.66. The summed E-state index contributed by atoms with van der Waals surface area (Å²) in [7, 11) is -0.426. The van der Waals surface area contributed by atoms with Crippen molar-refractivity contribution in [3.63, 3.8) is 0 Å². The van der Waals surface area contributed by atoms with Crippen LogP contribution in [-0.2, 0) is 9.31 Å². The minimum Gasteiger partial charge on any atom is -0.399 e. The molecule has 0 spiro atoms. The zero-order valence-electron chi connectivity index (χ0n) is 18.6. The molecule has 31 heavy (non-hydrogen) atoms. The molecule has 2 aliphatic rings. The second-order valence-electron chi connectivity index (χ2n) is 9.23. The van der Waals surface area contributed by atoms with E-state index in [1.165, 1.54) is 12.1 Å². The highest BCUT2D eigenvalue weighted by atomic mass is 19.1. The Bertz CT molecular complexity index is 1010. The Kier molecular flexibility index (Phi) is 5.41. The lowest BCUT2D eigenvalue weighted by molar-refractivity contribution is 0.00578. The predicted octanol–water partition coefficient (Wildman–Crippen LogP) is 4.27. The van der Waals surface area contributed by atoms with Gasteiger partial charge in [-0.25, -0.2) is 4.39 Å². The number of anilines is 1. The number of hydrogen-bond donors (Lipinski definition) is 0. The van der Waals surface area contributed by atoms with Gasteiger partial charge in [0.15, 0.2) is 0 Å². The van der Waals surface area contributed by atoms with Gasteiger partial charge in [0.05, 0.1) is 41.1 Å². The van der Waals surface area contributed by atoms with Gasteiger partial charge in [-0.15, -0.1) is 0 Å². The summed E-state index contributed by atoms with van der Waals surface area (Å²) >= 11 is 0. The molecule has 2 unspecified atom stereocenters. The fourth-order valence-electron chi connectivity index (χ4n) is 3.99. The van der Waals surface area contributed by atoms with Crippen molar-refractivity contribution in [3.05, 3.63) is 59.9 Å². The van der Waals surface area contributed by atoms with E-state index >= 15 is 0 Å². The van der Waals surface area contributed by atoms with Gasteiger partial charge in [-0.1, -0.05) is 31.2 Å². The van der Waals surface area contributed by atoms with E-state index in [1.807, 2.05) is 57.0 Å². The summed E-state index contributed by atoms with van der Waals surface area (Å²) in [5, 5.41) is 16.1. The van der Waals surface area contributed by atoms with Crippen LogP contribution in [0.25, 0.3) is 0 Å². The predicted molar refractivity (Wildman–Crippen MR) is 121 cm³/mol. The zero-order valence-corrected chi connectivity index (χ0v) is 18.6. The van der Waals surface area contributed by atoms with Gasteiger partial charge in [0, 0.05) is 5.92 Å². The van der Waals surface area contributed by atoms with E-state index in [1.54, 1.807) is 12.1 Å². The van der Waals surface area contributed by atoms with Crippen LogP contribution < -0.4 is 10.5 Å². The summed E-state index contributed by atoms with van der Waals surface area (Å²) in [6, 6.07) is 16.5. The molecule has 0 aliphatic carbocycles. The molecule has 2 aromatic rings. The molecular formula is C24H27BFN3O2. The van der Waals surface area contributed by atoms with Crippen molar-refractivity contribution in [2.24, 2.45) is 11.0 Å². The van der Waals surface area contributed by atoms with E-state index in [-0.39, 0.29) is 17.8 Å². The van der Waals surface area contributed by atoms with Crippen LogP contribution in [0.1, 0.15) is 46.6 Å². The highest BCUT2D eigenvalue weighted by molar-refractivity contribution is 6.62. The molecule has 5 nitrogen and oxygen atoms in total. The Hall–Kier alpha value is -2.69. The number of benzene rings is 2. The van der Waals surface area contributed by atoms with E-state index in [4.69, 9.17) is 14.4 Å². The normalized spacial score (nSPS) is 24.2. The van der Waals surface area contributed by atoms with Crippen LogP contribution >= 0.6 is 0 Å². The molecule has 2 heterocycles. The van der Waals surface area contributed by atoms with Crippen molar-refractivity contribution in [1.29, 1.82) is 5.26 Å². The van der Waals surface area contributed by atoms with Crippen LogP contribution in [0.15, 0.2) is 53.6 Å². The molecule has 7 heteroatoms. The van der Waals surface area contributed by atoms with Gasteiger partial charge in [0.1, 0.15) is 5.82 Å². The molecule has 0 amide bonds. The molecule has 2 atom stereocenters. The highest BCUT2D eigenvalue weighted by Gasteiger charge is 2.51. The molecule has 4 rings (SSSR count). The van der Waals surface area contributed by atoms with Gasteiger partial charge in [-0.05, 0) is 63.0 Å². The summed E-state index contributed by atoms with van der Waals surface area (Å²) in [5.74, 6) is -0.244. The maximum atomic E-state index is 13.4. The van der Waals surface area contributed by atoms with Gasteiger partial charge >= 0.3 is 7.12 Å². The molecule has 160 valence electrons. The quantitative estimate of drug-likeness (QED) is 0.695. The monoisotopic (exact) mass is 419 g/mol. The molecule has 0 radical (unpaired) electrons. The third-order valence-electron chi connectivity index (χ3n) is 6.66. The molecule has 0 N–H and O–H groups in total. The average Bonchev–Trinajstić information content (AvgIpc) is 3.16. The van der Waals surface area contributed by atoms with E-state index in [0.717, 1.165) is 22.4 Å². The molecule has 1 fully saturated rings. The minimum absolute atomic E-state index is 0.0351. The van der Waals surface area contributed by atoms with Crippen LogP contribution in [0.4, 0.5) is 10.1 Å². The van der Waals surface area contributed by atoms with Crippen molar-refractivity contribution < 1.29 is 13.7 Å². The van der Waals surface area contributed by atoms with Gasteiger partial charge in [-0.2, -0.15) is 10.4 Å². The molecule has 0 aromatic heterocycles. The first-order chi connectivity index (χ1) is 14.6. The average molecular weight is 419 g/mol. The summed E-state index contributed by atoms with van der Waals surface area (Å²) in [5.41, 5.74) is 2.77. The number of nitriles is 1. The van der Waals surface area contributed by atoms with Crippen molar-refractivity contribution in [2.75, 3.05) is 5.01 Å².